The fourth-order valence-electron chi connectivity index (χ4n) is 4.36. The van der Waals surface area contributed by atoms with Crippen molar-refractivity contribution in [1.82, 2.24) is 20.2 Å². The minimum Gasteiger partial charge on any atom is -0.383 e. The van der Waals surface area contributed by atoms with Gasteiger partial charge in [-0.15, -0.1) is 11.3 Å². The standard InChI is InChI=1S/C20H28N4O3S/c1-26-12-8-22-19(25)18-16(17-20(28-18)23-7-6-21-17)14-3-2-9-24(13-14)15-4-10-27-11-5-15/h6-7,14-15H,2-5,8-13H2,1H3,(H,22,25)/t14-/m1/s1. The lowest BCUT2D eigenvalue weighted by Crippen LogP contribution is -2.44. The van der Waals surface area contributed by atoms with Gasteiger partial charge in [-0.3, -0.25) is 14.7 Å². The Labute approximate surface area is 169 Å². The second kappa shape index (κ2) is 9.26. The number of nitrogens with one attached hydrogen (secondary N) is 1. The summed E-state index contributed by atoms with van der Waals surface area (Å²) in [7, 11) is 1.64. The SMILES string of the molecule is COCCNC(=O)c1sc2nccnc2c1[C@@H]1CCCN(C2CCOCC2)C1. The van der Waals surface area contributed by atoms with Crippen LogP contribution in [-0.4, -0.2) is 73.4 Å². The number of carbonyl (C=O) groups excluding carboxylic acids is 1. The lowest BCUT2D eigenvalue weighted by molar-refractivity contribution is 0.0240. The van der Waals surface area contributed by atoms with Crippen molar-refractivity contribution in [1.29, 1.82) is 0 Å². The van der Waals surface area contributed by atoms with Crippen molar-refractivity contribution in [2.75, 3.05) is 46.6 Å². The average molecular weight is 405 g/mol. The Morgan fingerprint density at radius 1 is 1.32 bits per heavy atom. The van der Waals surface area contributed by atoms with Crippen LogP contribution in [0.3, 0.4) is 0 Å². The maximum Gasteiger partial charge on any atom is 0.261 e. The molecule has 0 radical (unpaired) electrons. The van der Waals surface area contributed by atoms with Crippen LogP contribution >= 0.6 is 11.3 Å². The molecule has 2 aliphatic heterocycles. The number of fused-ring (bicyclic) bond motifs is 1. The highest BCUT2D eigenvalue weighted by molar-refractivity contribution is 7.20. The molecule has 2 aromatic rings. The first-order chi connectivity index (χ1) is 13.8. The van der Waals surface area contributed by atoms with E-state index in [0.717, 1.165) is 72.8 Å². The summed E-state index contributed by atoms with van der Waals surface area (Å²) in [4.78, 5) is 26.2. The molecule has 0 bridgehead atoms. The molecule has 28 heavy (non-hydrogen) atoms. The Balaban J connectivity index is 1.60. The van der Waals surface area contributed by atoms with Crippen molar-refractivity contribution in [2.24, 2.45) is 0 Å². The maximum atomic E-state index is 12.9. The number of amides is 1. The second-order valence-corrected chi connectivity index (χ2v) is 8.48. The summed E-state index contributed by atoms with van der Waals surface area (Å²) in [6.45, 7) is 4.82. The third-order valence-electron chi connectivity index (χ3n) is 5.73. The summed E-state index contributed by atoms with van der Waals surface area (Å²) in [6, 6.07) is 0.589. The van der Waals surface area contributed by atoms with Crippen LogP contribution in [0.15, 0.2) is 12.4 Å². The first-order valence-electron chi connectivity index (χ1n) is 10.1. The predicted octanol–water partition coefficient (Wildman–Crippen LogP) is 2.43. The average Bonchev–Trinajstić information content (AvgIpc) is 3.14. The van der Waals surface area contributed by atoms with Gasteiger partial charge in [-0.2, -0.15) is 0 Å². The van der Waals surface area contributed by atoms with Crippen molar-refractivity contribution in [3.05, 3.63) is 22.8 Å². The van der Waals surface area contributed by atoms with Gasteiger partial charge in [-0.05, 0) is 32.2 Å². The van der Waals surface area contributed by atoms with Crippen LogP contribution in [0.1, 0.15) is 46.8 Å². The van der Waals surface area contributed by atoms with E-state index in [9.17, 15) is 4.79 Å². The highest BCUT2D eigenvalue weighted by Crippen LogP contribution is 2.39. The molecule has 0 unspecified atom stereocenters. The maximum absolute atomic E-state index is 12.9. The molecule has 4 heterocycles. The number of methoxy groups -OCH3 is 1. The Morgan fingerprint density at radius 3 is 2.96 bits per heavy atom. The lowest BCUT2D eigenvalue weighted by Gasteiger charge is -2.40. The number of aromatic nitrogens is 2. The molecule has 152 valence electrons. The van der Waals surface area contributed by atoms with Crippen LogP contribution in [0.25, 0.3) is 10.3 Å². The normalized spacial score (nSPS) is 21.8. The van der Waals surface area contributed by atoms with Gasteiger partial charge in [-0.1, -0.05) is 0 Å². The van der Waals surface area contributed by atoms with Crippen molar-refractivity contribution >= 4 is 27.6 Å². The van der Waals surface area contributed by atoms with Crippen LogP contribution < -0.4 is 5.32 Å². The van der Waals surface area contributed by atoms with Crippen LogP contribution in [0, 0.1) is 0 Å². The predicted molar refractivity (Wildman–Crippen MR) is 109 cm³/mol. The minimum atomic E-state index is -0.0416. The zero-order valence-electron chi connectivity index (χ0n) is 16.4. The van der Waals surface area contributed by atoms with E-state index in [4.69, 9.17) is 9.47 Å². The molecule has 1 atom stereocenters. The van der Waals surface area contributed by atoms with Crippen molar-refractivity contribution < 1.29 is 14.3 Å². The van der Waals surface area contributed by atoms with Crippen molar-refractivity contribution in [3.8, 4) is 0 Å². The molecule has 1 amide bonds. The number of rotatable bonds is 6. The van der Waals surface area contributed by atoms with E-state index in [-0.39, 0.29) is 5.91 Å². The Bertz CT molecular complexity index is 806. The third kappa shape index (κ3) is 4.20. The number of piperidine rings is 1. The van der Waals surface area contributed by atoms with Crippen LogP contribution in [0.5, 0.6) is 0 Å². The highest BCUT2D eigenvalue weighted by Gasteiger charge is 2.32. The molecule has 7 nitrogen and oxygen atoms in total. The van der Waals surface area contributed by atoms with Gasteiger partial charge in [-0.25, -0.2) is 4.98 Å². The highest BCUT2D eigenvalue weighted by atomic mass is 32.1. The number of likely N-dealkylation sites (tertiary alicyclic amines) is 1. The molecule has 0 saturated carbocycles. The molecule has 2 saturated heterocycles. The number of ether oxygens (including phenoxy) is 2. The summed E-state index contributed by atoms with van der Waals surface area (Å²) >= 11 is 1.46. The summed E-state index contributed by atoms with van der Waals surface area (Å²) in [5, 5.41) is 2.98. The Kier molecular flexibility index (Phi) is 6.51. The number of nitrogens with zero attached hydrogens (tertiary/aromatic N) is 3. The topological polar surface area (TPSA) is 76.6 Å². The van der Waals surface area contributed by atoms with E-state index in [1.54, 1.807) is 19.5 Å². The van der Waals surface area contributed by atoms with Crippen LogP contribution in [-0.2, 0) is 9.47 Å². The van der Waals surface area contributed by atoms with E-state index in [1.165, 1.54) is 11.3 Å². The van der Waals surface area contributed by atoms with Gasteiger partial charge >= 0.3 is 0 Å². The number of hydrogen-bond donors (Lipinski definition) is 1. The summed E-state index contributed by atoms with van der Waals surface area (Å²) in [5.41, 5.74) is 1.97. The van der Waals surface area contributed by atoms with Gasteiger partial charge in [0.05, 0.1) is 11.5 Å². The van der Waals surface area contributed by atoms with Crippen molar-refractivity contribution in [2.45, 2.75) is 37.6 Å². The van der Waals surface area contributed by atoms with E-state index in [2.05, 4.69) is 20.2 Å². The molecule has 0 aromatic carbocycles. The molecule has 2 aliphatic rings. The molecule has 2 aromatic heterocycles. The van der Waals surface area contributed by atoms with E-state index < -0.39 is 0 Å². The Hall–Kier alpha value is -1.61. The molecule has 0 aliphatic carbocycles. The molecular weight excluding hydrogens is 376 g/mol. The first-order valence-corrected chi connectivity index (χ1v) is 10.9. The number of carbonyl (C=O) groups is 1. The first kappa shape index (κ1) is 19.7. The van der Waals surface area contributed by atoms with E-state index in [1.807, 2.05) is 0 Å². The number of hydrogen-bond acceptors (Lipinski definition) is 7. The lowest BCUT2D eigenvalue weighted by atomic mass is 9.88. The second-order valence-electron chi connectivity index (χ2n) is 7.48. The van der Waals surface area contributed by atoms with Gasteiger partial charge in [0.2, 0.25) is 0 Å². The van der Waals surface area contributed by atoms with Gasteiger partial charge in [0, 0.05) is 63.3 Å². The zero-order chi connectivity index (χ0) is 19.3. The van der Waals surface area contributed by atoms with Crippen LogP contribution in [0.4, 0.5) is 0 Å². The molecule has 2 fully saturated rings. The van der Waals surface area contributed by atoms with Gasteiger partial charge in [0.25, 0.3) is 5.91 Å². The fourth-order valence-corrected chi connectivity index (χ4v) is 5.47. The monoisotopic (exact) mass is 404 g/mol. The van der Waals surface area contributed by atoms with Gasteiger partial charge < -0.3 is 14.8 Å². The molecule has 8 heteroatoms. The molecule has 0 spiro atoms. The minimum absolute atomic E-state index is 0.0416. The molecule has 4 rings (SSSR count). The van der Waals surface area contributed by atoms with Gasteiger partial charge in [0.1, 0.15) is 10.3 Å². The number of thiophene rings is 1. The quantitative estimate of drug-likeness (QED) is 0.745. The molecular formula is C20H28N4O3S. The van der Waals surface area contributed by atoms with E-state index >= 15 is 0 Å². The van der Waals surface area contributed by atoms with Gasteiger partial charge in [0.15, 0.2) is 0 Å². The zero-order valence-corrected chi connectivity index (χ0v) is 17.2. The summed E-state index contributed by atoms with van der Waals surface area (Å²) in [5.74, 6) is 0.269. The third-order valence-corrected chi connectivity index (χ3v) is 6.83. The Morgan fingerprint density at radius 2 is 2.14 bits per heavy atom. The fraction of sp³-hybridized carbons (Fsp3) is 0.650. The summed E-state index contributed by atoms with van der Waals surface area (Å²) in [6.07, 6.45) is 7.85. The smallest absolute Gasteiger partial charge is 0.261 e. The van der Waals surface area contributed by atoms with Crippen LogP contribution in [0.2, 0.25) is 0 Å². The van der Waals surface area contributed by atoms with E-state index in [0.29, 0.717) is 25.1 Å². The molecule has 1 N–H and O–H groups in total. The van der Waals surface area contributed by atoms with Crippen molar-refractivity contribution in [3.63, 3.8) is 0 Å². The largest absolute Gasteiger partial charge is 0.383 e. The summed E-state index contributed by atoms with van der Waals surface area (Å²) < 4.78 is 10.6.